The Morgan fingerprint density at radius 2 is 1.82 bits per heavy atom. The molecule has 0 spiro atoms. The molecule has 0 aliphatic carbocycles. The van der Waals surface area contributed by atoms with E-state index in [0.717, 1.165) is 6.26 Å². The van der Waals surface area contributed by atoms with Crippen LogP contribution in [0.15, 0.2) is 24.3 Å². The molecule has 0 radical (unpaired) electrons. The summed E-state index contributed by atoms with van der Waals surface area (Å²) >= 11 is 0. The number of nitro groups is 1. The zero-order chi connectivity index (χ0) is 16.3. The molecule has 1 saturated heterocycles. The number of piperazine rings is 1. The molecule has 8 nitrogen and oxygen atoms in total. The van der Waals surface area contributed by atoms with E-state index in [0.29, 0.717) is 18.7 Å². The van der Waals surface area contributed by atoms with Crippen LogP contribution in [0.4, 0.5) is 5.69 Å². The lowest BCUT2D eigenvalue weighted by atomic mass is 10.1. The van der Waals surface area contributed by atoms with Gasteiger partial charge in [-0.05, 0) is 0 Å². The number of para-hydroxylation sites is 1. The van der Waals surface area contributed by atoms with E-state index in [1.807, 2.05) is 0 Å². The first kappa shape index (κ1) is 16.4. The minimum atomic E-state index is -3.25. The van der Waals surface area contributed by atoms with E-state index in [2.05, 4.69) is 0 Å². The smallest absolute Gasteiger partial charge is 0.273 e. The second-order valence-electron chi connectivity index (χ2n) is 5.11. The van der Waals surface area contributed by atoms with Crippen LogP contribution in [0.5, 0.6) is 0 Å². The number of sulfonamides is 1. The first-order valence-corrected chi connectivity index (χ1v) is 8.59. The van der Waals surface area contributed by atoms with Gasteiger partial charge in [0, 0.05) is 37.8 Å². The molecule has 1 heterocycles. The van der Waals surface area contributed by atoms with Gasteiger partial charge in [-0.3, -0.25) is 14.9 Å². The van der Waals surface area contributed by atoms with Gasteiger partial charge in [0.1, 0.15) is 0 Å². The number of rotatable bonds is 4. The fourth-order valence-electron chi connectivity index (χ4n) is 2.38. The predicted molar refractivity (Wildman–Crippen MR) is 79.8 cm³/mol. The van der Waals surface area contributed by atoms with E-state index in [9.17, 15) is 23.3 Å². The highest BCUT2D eigenvalue weighted by Gasteiger charge is 2.27. The van der Waals surface area contributed by atoms with Crippen molar-refractivity contribution < 1.29 is 18.1 Å². The van der Waals surface area contributed by atoms with Gasteiger partial charge in [-0.25, -0.2) is 8.42 Å². The van der Waals surface area contributed by atoms with Crippen molar-refractivity contribution in [3.63, 3.8) is 0 Å². The molecule has 1 aliphatic heterocycles. The average Bonchev–Trinajstić information content (AvgIpc) is 2.46. The van der Waals surface area contributed by atoms with Crippen molar-refractivity contribution in [2.45, 2.75) is 6.42 Å². The van der Waals surface area contributed by atoms with Crippen LogP contribution in [0, 0.1) is 10.1 Å². The number of amides is 1. The summed E-state index contributed by atoms with van der Waals surface area (Å²) in [5.41, 5.74) is 0.286. The lowest BCUT2D eigenvalue weighted by molar-refractivity contribution is -0.385. The van der Waals surface area contributed by atoms with Gasteiger partial charge < -0.3 is 4.90 Å². The minimum absolute atomic E-state index is 0.0595. The van der Waals surface area contributed by atoms with E-state index >= 15 is 0 Å². The van der Waals surface area contributed by atoms with Gasteiger partial charge in [0.15, 0.2) is 0 Å². The number of benzene rings is 1. The third-order valence-corrected chi connectivity index (χ3v) is 4.89. The molecule has 2 rings (SSSR count). The lowest BCUT2D eigenvalue weighted by Gasteiger charge is -2.33. The molecule has 0 atom stereocenters. The number of hydrogen-bond donors (Lipinski definition) is 0. The maximum Gasteiger partial charge on any atom is 0.273 e. The summed E-state index contributed by atoms with van der Waals surface area (Å²) in [6.07, 6.45) is 1.08. The van der Waals surface area contributed by atoms with E-state index < -0.39 is 14.9 Å². The van der Waals surface area contributed by atoms with Crippen LogP contribution in [0.3, 0.4) is 0 Å². The number of carbonyl (C=O) groups is 1. The molecular formula is C13H17N3O5S. The van der Waals surface area contributed by atoms with E-state index in [1.54, 1.807) is 23.1 Å². The molecule has 0 bridgehead atoms. The maximum atomic E-state index is 12.2. The largest absolute Gasteiger partial charge is 0.340 e. The van der Waals surface area contributed by atoms with Gasteiger partial charge in [0.25, 0.3) is 5.69 Å². The van der Waals surface area contributed by atoms with Crippen molar-refractivity contribution in [3.8, 4) is 0 Å². The Hall–Kier alpha value is -2.00. The van der Waals surface area contributed by atoms with Gasteiger partial charge in [0.05, 0.1) is 17.6 Å². The molecule has 0 aromatic heterocycles. The topological polar surface area (TPSA) is 101 Å². The molecule has 1 aliphatic rings. The fraction of sp³-hybridized carbons (Fsp3) is 0.462. The monoisotopic (exact) mass is 327 g/mol. The highest BCUT2D eigenvalue weighted by Crippen LogP contribution is 2.19. The van der Waals surface area contributed by atoms with Crippen molar-refractivity contribution in [3.05, 3.63) is 39.9 Å². The van der Waals surface area contributed by atoms with Crippen LogP contribution in [0.25, 0.3) is 0 Å². The first-order valence-electron chi connectivity index (χ1n) is 6.74. The molecule has 22 heavy (non-hydrogen) atoms. The SMILES string of the molecule is CS(=O)(=O)N1CCN(C(=O)Cc2ccccc2[N+](=O)[O-])CC1. The number of nitro benzene ring substituents is 1. The summed E-state index contributed by atoms with van der Waals surface area (Å²) in [7, 11) is -3.25. The molecule has 0 saturated carbocycles. The zero-order valence-electron chi connectivity index (χ0n) is 12.1. The van der Waals surface area contributed by atoms with Crippen molar-refractivity contribution in [1.82, 2.24) is 9.21 Å². The molecule has 0 N–H and O–H groups in total. The molecule has 1 amide bonds. The third kappa shape index (κ3) is 3.80. The molecule has 9 heteroatoms. The molecule has 1 aromatic rings. The van der Waals surface area contributed by atoms with Crippen molar-refractivity contribution in [1.29, 1.82) is 0 Å². The second kappa shape index (κ2) is 6.41. The predicted octanol–water partition coefficient (Wildman–Crippen LogP) is 0.241. The van der Waals surface area contributed by atoms with E-state index in [4.69, 9.17) is 0 Å². The van der Waals surface area contributed by atoms with Gasteiger partial charge in [-0.1, -0.05) is 18.2 Å². The summed E-state index contributed by atoms with van der Waals surface area (Å²) in [6.45, 7) is 1.10. The molecule has 0 unspecified atom stereocenters. The quantitative estimate of drug-likeness (QED) is 0.582. The summed E-state index contributed by atoms with van der Waals surface area (Å²) in [4.78, 5) is 24.2. The number of nitrogens with zero attached hydrogens (tertiary/aromatic N) is 3. The first-order chi connectivity index (χ1) is 10.3. The Morgan fingerprint density at radius 3 is 2.36 bits per heavy atom. The van der Waals surface area contributed by atoms with Gasteiger partial charge in [-0.15, -0.1) is 0 Å². The van der Waals surface area contributed by atoms with Crippen LogP contribution in [0.2, 0.25) is 0 Å². The fourth-order valence-corrected chi connectivity index (χ4v) is 3.21. The summed E-state index contributed by atoms with van der Waals surface area (Å²) < 4.78 is 24.2. The second-order valence-corrected chi connectivity index (χ2v) is 7.09. The van der Waals surface area contributed by atoms with Crippen molar-refractivity contribution in [2.75, 3.05) is 32.4 Å². The number of hydrogen-bond acceptors (Lipinski definition) is 5. The molecular weight excluding hydrogens is 310 g/mol. The Morgan fingerprint density at radius 1 is 1.23 bits per heavy atom. The maximum absolute atomic E-state index is 12.2. The van der Waals surface area contributed by atoms with Crippen LogP contribution < -0.4 is 0 Å². The highest BCUT2D eigenvalue weighted by atomic mass is 32.2. The third-order valence-electron chi connectivity index (χ3n) is 3.59. The average molecular weight is 327 g/mol. The van der Waals surface area contributed by atoms with Crippen molar-refractivity contribution >= 4 is 21.6 Å². The minimum Gasteiger partial charge on any atom is -0.340 e. The lowest BCUT2D eigenvalue weighted by Crippen LogP contribution is -2.50. The molecule has 1 fully saturated rings. The van der Waals surface area contributed by atoms with E-state index in [-0.39, 0.29) is 31.1 Å². The Kier molecular flexibility index (Phi) is 4.77. The normalized spacial score (nSPS) is 16.5. The summed E-state index contributed by atoms with van der Waals surface area (Å²) in [5.74, 6) is -0.234. The summed E-state index contributed by atoms with van der Waals surface area (Å²) in [5, 5.41) is 10.9. The van der Waals surface area contributed by atoms with Crippen LogP contribution >= 0.6 is 0 Å². The Balaban J connectivity index is 2.01. The van der Waals surface area contributed by atoms with Crippen LogP contribution in [-0.2, 0) is 21.2 Å². The highest BCUT2D eigenvalue weighted by molar-refractivity contribution is 7.88. The molecule has 1 aromatic carbocycles. The van der Waals surface area contributed by atoms with Gasteiger partial charge >= 0.3 is 0 Å². The Bertz CT molecular complexity index is 681. The number of carbonyl (C=O) groups excluding carboxylic acids is 1. The molecule has 120 valence electrons. The summed E-state index contributed by atoms with van der Waals surface area (Å²) in [6, 6.07) is 6.13. The standard InChI is InChI=1S/C13H17N3O5S/c1-22(20,21)15-8-6-14(7-9-15)13(17)10-11-4-2-3-5-12(11)16(18)19/h2-5H,6-10H2,1H3. The van der Waals surface area contributed by atoms with Gasteiger partial charge in [-0.2, -0.15) is 4.31 Å². The van der Waals surface area contributed by atoms with Crippen molar-refractivity contribution in [2.24, 2.45) is 0 Å². The van der Waals surface area contributed by atoms with Crippen LogP contribution in [-0.4, -0.2) is 60.9 Å². The van der Waals surface area contributed by atoms with E-state index in [1.165, 1.54) is 10.4 Å². The van der Waals surface area contributed by atoms with Gasteiger partial charge in [0.2, 0.25) is 15.9 Å². The Labute approximate surface area is 128 Å². The van der Waals surface area contributed by atoms with Crippen LogP contribution in [0.1, 0.15) is 5.56 Å². The zero-order valence-corrected chi connectivity index (χ0v) is 13.0.